The number of fused-ring (bicyclic) bond motifs is 28. The van der Waals surface area contributed by atoms with Crippen molar-refractivity contribution in [3.8, 4) is 85.9 Å². The van der Waals surface area contributed by atoms with Gasteiger partial charge in [0.25, 0.3) is 0 Å². The van der Waals surface area contributed by atoms with Gasteiger partial charge in [-0.3, -0.25) is 4.57 Å². The predicted octanol–water partition coefficient (Wildman–Crippen LogP) is 25.3. The van der Waals surface area contributed by atoms with Gasteiger partial charge in [0.15, 0.2) is 23.3 Å². The summed E-state index contributed by atoms with van der Waals surface area (Å²) < 4.78 is 20.9. The van der Waals surface area contributed by atoms with E-state index in [0.717, 1.165) is 89.2 Å². The van der Waals surface area contributed by atoms with Crippen LogP contribution in [0.5, 0.6) is 23.0 Å². The lowest BCUT2D eigenvalue weighted by Crippen LogP contribution is -2.37. The van der Waals surface area contributed by atoms with Crippen LogP contribution in [0.2, 0.25) is 5.28 Å². The van der Waals surface area contributed by atoms with Crippen molar-refractivity contribution in [2.45, 2.75) is 10.8 Å². The van der Waals surface area contributed by atoms with E-state index >= 15 is 0 Å². The van der Waals surface area contributed by atoms with Gasteiger partial charge in [-0.1, -0.05) is 303 Å². The Morgan fingerprint density at radius 3 is 1.09 bits per heavy atom. The number of para-hydroxylation sites is 10. The van der Waals surface area contributed by atoms with Crippen LogP contribution in [0, 0.1) is 0 Å². The number of ether oxygens (including phenoxy) is 2. The molecular weight excluding hydrogens is 1460 g/mol. The SMILES string of the molecule is Clc1nc(-c2ccccc2)nc(-c2ccccc2)n1.c1ccc(-c2nc(-c3ccccc3)nc(-n3c4ccccc4c4cc5c(cc43)Oc3ccccc3C53c4ccccc4-n4c5ccccc5c5cccc3c54)n2)cc1.c1ccc2c(c1)Oc1cc3[nH]c4ccccc4c3cc1C21c2ccccc2-n2c3ccccc3c3cccc1c32. The molecular formula is C104H63ClN10O2. The Hall–Kier alpha value is -15.4. The number of benzene rings is 16. The zero-order valence-electron chi connectivity index (χ0n) is 62.5. The zero-order chi connectivity index (χ0) is 77.0. The summed E-state index contributed by atoms with van der Waals surface area (Å²) in [6, 6.07) is 132. The maximum absolute atomic E-state index is 7.07. The Balaban J connectivity index is 0.000000114. The van der Waals surface area contributed by atoms with E-state index in [0.29, 0.717) is 29.2 Å². The van der Waals surface area contributed by atoms with Crippen LogP contribution in [-0.2, 0) is 10.8 Å². The molecule has 4 aliphatic heterocycles. The number of hydrogen-bond acceptors (Lipinski definition) is 8. The maximum Gasteiger partial charge on any atom is 0.238 e. The van der Waals surface area contributed by atoms with E-state index in [-0.39, 0.29) is 5.28 Å². The fraction of sp³-hybridized carbons (Fsp3) is 0.0192. The lowest BCUT2D eigenvalue weighted by Gasteiger charge is -2.45. The number of rotatable bonds is 5. The summed E-state index contributed by atoms with van der Waals surface area (Å²) in [6.07, 6.45) is 0. The molecule has 0 saturated heterocycles. The Morgan fingerprint density at radius 2 is 0.598 bits per heavy atom. The summed E-state index contributed by atoms with van der Waals surface area (Å²) in [5.74, 6) is 6.37. The third-order valence-electron chi connectivity index (χ3n) is 24.1. The first kappa shape index (κ1) is 66.3. The number of nitrogens with one attached hydrogen (secondary N) is 1. The number of H-pyrrole nitrogens is 1. The standard InChI is InChI=1S/C52H31N5O.C37H22N2O.C15H10ClN3/c1-3-16-32(17-4-1)49-53-50(33-18-5-2-6-19-33)55-51(54-49)57-43-27-12-8-21-35(43)37-30-41-47(31-45(37)57)58-46-29-14-10-24-39(46)52(41)38-23-9-13-28-44(38)56-42-26-11-7-20-34(42)36-22-15-25-40(52)48(36)56;1-5-16-30-22(10-1)25-20-29-35(21-31(25)38-30)40-34-19-8-4-14-27(34)37(29)26-13-3-7-18-33(26)39-32-17-6-2-11-23(32)24-12-9-15-28(37)36(24)39;16-15-18-13(11-7-3-1-4-8-11)17-14(19-15)12-9-5-2-6-10-12/h1-31H;1-21,38H;1-10H. The molecule has 0 saturated carbocycles. The highest BCUT2D eigenvalue weighted by atomic mass is 35.5. The molecule has 13 heteroatoms. The van der Waals surface area contributed by atoms with Gasteiger partial charge in [0.2, 0.25) is 11.2 Å². The molecule has 0 aliphatic carbocycles. The van der Waals surface area contributed by atoms with Gasteiger partial charge in [-0.25, -0.2) is 9.97 Å². The second-order valence-electron chi connectivity index (χ2n) is 30.1. The molecule has 2 unspecified atom stereocenters. The molecule has 548 valence electrons. The van der Waals surface area contributed by atoms with Crippen LogP contribution in [-0.4, -0.2) is 48.6 Å². The first-order chi connectivity index (χ1) is 57.9. The van der Waals surface area contributed by atoms with Crippen LogP contribution < -0.4 is 9.47 Å². The molecule has 0 bridgehead atoms. The summed E-state index contributed by atoms with van der Waals surface area (Å²) >= 11 is 5.99. The molecule has 0 fully saturated rings. The first-order valence-corrected chi connectivity index (χ1v) is 39.6. The van der Waals surface area contributed by atoms with Crippen molar-refractivity contribution in [1.82, 2.24) is 48.6 Å². The van der Waals surface area contributed by atoms with Gasteiger partial charge in [0.05, 0.1) is 60.8 Å². The normalized spacial score (nSPS) is 14.9. The molecule has 4 aliphatic rings. The highest BCUT2D eigenvalue weighted by Gasteiger charge is 2.53. The second kappa shape index (κ2) is 25.8. The van der Waals surface area contributed by atoms with Crippen molar-refractivity contribution >= 4 is 98.8 Å². The molecule has 117 heavy (non-hydrogen) atoms. The predicted molar refractivity (Wildman–Crippen MR) is 469 cm³/mol. The molecule has 22 aromatic rings. The van der Waals surface area contributed by atoms with Crippen LogP contribution in [0.3, 0.4) is 0 Å². The highest BCUT2D eigenvalue weighted by molar-refractivity contribution is 6.28. The minimum Gasteiger partial charge on any atom is -0.457 e. The van der Waals surface area contributed by atoms with Crippen molar-refractivity contribution < 1.29 is 9.47 Å². The zero-order valence-corrected chi connectivity index (χ0v) is 63.3. The van der Waals surface area contributed by atoms with Gasteiger partial charge in [-0.15, -0.1) is 0 Å². The fourth-order valence-corrected chi connectivity index (χ4v) is 19.5. The molecule has 10 heterocycles. The second-order valence-corrected chi connectivity index (χ2v) is 30.5. The number of nitrogens with zero attached hydrogens (tertiary/aromatic N) is 9. The van der Waals surface area contributed by atoms with E-state index < -0.39 is 10.8 Å². The van der Waals surface area contributed by atoms with Crippen molar-refractivity contribution in [2.24, 2.45) is 0 Å². The Labute approximate surface area is 675 Å². The lowest BCUT2D eigenvalue weighted by atomic mass is 9.61. The van der Waals surface area contributed by atoms with Gasteiger partial charge < -0.3 is 23.6 Å². The van der Waals surface area contributed by atoms with Gasteiger partial charge >= 0.3 is 0 Å². The molecule has 1 N–H and O–H groups in total. The molecule has 0 radical (unpaired) electrons. The monoisotopic (exact) mass is 1520 g/mol. The number of halogens is 1. The quantitative estimate of drug-likeness (QED) is 0.181. The highest BCUT2D eigenvalue weighted by Crippen LogP contribution is 2.64. The summed E-state index contributed by atoms with van der Waals surface area (Å²) in [5, 5.41) is 9.88. The van der Waals surface area contributed by atoms with Crippen LogP contribution in [0.15, 0.2) is 376 Å². The van der Waals surface area contributed by atoms with E-state index in [9.17, 15) is 0 Å². The minimum atomic E-state index is -0.684. The topological polar surface area (TPSA) is 126 Å². The largest absolute Gasteiger partial charge is 0.457 e. The average Bonchev–Trinajstić information content (AvgIpc) is 1.63. The molecule has 6 aromatic heterocycles. The Kier molecular flexibility index (Phi) is 14.6. The van der Waals surface area contributed by atoms with Crippen LogP contribution >= 0.6 is 11.6 Å². The number of aromatic amines is 1. The third-order valence-corrected chi connectivity index (χ3v) is 24.2. The Morgan fingerprint density at radius 1 is 0.239 bits per heavy atom. The first-order valence-electron chi connectivity index (χ1n) is 39.3. The van der Waals surface area contributed by atoms with Gasteiger partial charge in [0, 0.05) is 105 Å². The Bertz CT molecular complexity index is 7760. The third kappa shape index (κ3) is 9.76. The van der Waals surface area contributed by atoms with Gasteiger partial charge in [0.1, 0.15) is 23.0 Å². The van der Waals surface area contributed by atoms with Crippen LogP contribution in [0.25, 0.3) is 150 Å². The van der Waals surface area contributed by atoms with Crippen molar-refractivity contribution in [2.75, 3.05) is 0 Å². The van der Waals surface area contributed by atoms with E-state index in [4.69, 9.17) is 36.0 Å². The minimum absolute atomic E-state index is 0.202. The molecule has 0 amide bonds. The number of aromatic nitrogens is 10. The smallest absolute Gasteiger partial charge is 0.238 e. The molecule has 26 rings (SSSR count). The van der Waals surface area contributed by atoms with E-state index in [1.54, 1.807) is 0 Å². The molecule has 16 aromatic carbocycles. The van der Waals surface area contributed by atoms with Crippen LogP contribution in [0.4, 0.5) is 0 Å². The van der Waals surface area contributed by atoms with Crippen LogP contribution in [0.1, 0.15) is 44.5 Å². The summed E-state index contributed by atoms with van der Waals surface area (Å²) in [4.78, 5) is 31.9. The molecule has 12 nitrogen and oxygen atoms in total. The fourth-order valence-electron chi connectivity index (χ4n) is 19.3. The van der Waals surface area contributed by atoms with E-state index in [1.165, 1.54) is 99.1 Å². The molecule has 2 atom stereocenters. The average molecular weight is 1520 g/mol. The van der Waals surface area contributed by atoms with Gasteiger partial charge in [-0.2, -0.15) is 19.9 Å². The van der Waals surface area contributed by atoms with Crippen molar-refractivity contribution in [3.63, 3.8) is 0 Å². The number of hydrogen-bond donors (Lipinski definition) is 1. The summed E-state index contributed by atoms with van der Waals surface area (Å²) in [6.45, 7) is 0. The lowest BCUT2D eigenvalue weighted by molar-refractivity contribution is 0.434. The van der Waals surface area contributed by atoms with Crippen molar-refractivity contribution in [1.29, 1.82) is 0 Å². The van der Waals surface area contributed by atoms with E-state index in [1.807, 2.05) is 121 Å². The maximum atomic E-state index is 7.07. The molecule has 2 spiro atoms. The summed E-state index contributed by atoms with van der Waals surface area (Å²) in [5.41, 5.74) is 23.5. The summed E-state index contributed by atoms with van der Waals surface area (Å²) in [7, 11) is 0. The van der Waals surface area contributed by atoms with E-state index in [2.05, 4.69) is 288 Å². The van der Waals surface area contributed by atoms with Crippen molar-refractivity contribution in [3.05, 3.63) is 426 Å². The van der Waals surface area contributed by atoms with Gasteiger partial charge in [-0.05, 0) is 94.5 Å².